The van der Waals surface area contributed by atoms with E-state index in [4.69, 9.17) is 0 Å². The van der Waals surface area contributed by atoms with Crippen LogP contribution in [0.3, 0.4) is 0 Å². The molecule has 1 aromatic carbocycles. The largest absolute Gasteiger partial charge is 0.325 e. The molecule has 0 radical (unpaired) electrons. The summed E-state index contributed by atoms with van der Waals surface area (Å²) in [5, 5.41) is 5.02. The summed E-state index contributed by atoms with van der Waals surface area (Å²) in [7, 11) is -3.54. The topological polar surface area (TPSA) is 69.7 Å². The third-order valence-electron chi connectivity index (χ3n) is 5.83. The van der Waals surface area contributed by atoms with Crippen molar-refractivity contribution in [1.29, 1.82) is 0 Å². The molecule has 31 heavy (non-hydrogen) atoms. The van der Waals surface area contributed by atoms with Gasteiger partial charge in [0.2, 0.25) is 15.9 Å². The van der Waals surface area contributed by atoms with Crippen LogP contribution in [0.5, 0.6) is 0 Å². The van der Waals surface area contributed by atoms with Crippen LogP contribution in [0, 0.1) is 13.8 Å². The Morgan fingerprint density at radius 1 is 1.13 bits per heavy atom. The minimum absolute atomic E-state index is 0.140. The third kappa shape index (κ3) is 5.94. The first-order valence-corrected chi connectivity index (χ1v) is 13.2. The van der Waals surface area contributed by atoms with E-state index in [1.165, 1.54) is 10.4 Å². The van der Waals surface area contributed by atoms with Crippen molar-refractivity contribution in [2.75, 3.05) is 25.0 Å². The Labute approximate surface area is 190 Å². The second-order valence-corrected chi connectivity index (χ2v) is 11.5. The number of amides is 1. The molecule has 1 aromatic heterocycles. The number of nitrogens with zero attached hydrogens (tertiary/aromatic N) is 2. The summed E-state index contributed by atoms with van der Waals surface area (Å²) in [4.78, 5) is 16.5. The van der Waals surface area contributed by atoms with E-state index < -0.39 is 10.0 Å². The third-order valence-corrected chi connectivity index (χ3v) is 8.73. The normalized spacial score (nSPS) is 15.5. The first-order valence-electron chi connectivity index (χ1n) is 10.9. The molecule has 3 rings (SSSR count). The van der Waals surface area contributed by atoms with Crippen LogP contribution in [0.2, 0.25) is 0 Å². The molecule has 6 nitrogen and oxygen atoms in total. The quantitative estimate of drug-likeness (QED) is 0.630. The van der Waals surface area contributed by atoms with Crippen molar-refractivity contribution in [3.8, 4) is 0 Å². The molecule has 0 saturated carbocycles. The molecule has 1 N–H and O–H groups in total. The van der Waals surface area contributed by atoms with Gasteiger partial charge < -0.3 is 5.32 Å². The Hall–Kier alpha value is -1.74. The van der Waals surface area contributed by atoms with E-state index in [1.54, 1.807) is 33.8 Å². The Kier molecular flexibility index (Phi) is 7.91. The SMILES string of the molecule is Cc1ccc(S(=O)(=O)N2CCCCC2)cc1NC(=O)CN(Cc1sccc1C)C(C)C. The molecule has 1 amide bonds. The Balaban J connectivity index is 1.73. The van der Waals surface area contributed by atoms with E-state index >= 15 is 0 Å². The molecule has 0 atom stereocenters. The van der Waals surface area contributed by atoms with Gasteiger partial charge in [0.25, 0.3) is 0 Å². The Morgan fingerprint density at radius 2 is 1.84 bits per heavy atom. The highest BCUT2D eigenvalue weighted by molar-refractivity contribution is 7.89. The van der Waals surface area contributed by atoms with Gasteiger partial charge in [0.15, 0.2) is 0 Å². The number of carbonyl (C=O) groups is 1. The molecule has 2 aromatic rings. The average molecular weight is 464 g/mol. The number of carbonyl (C=O) groups excluding carboxylic acids is 1. The number of nitrogens with one attached hydrogen (secondary N) is 1. The number of anilines is 1. The van der Waals surface area contributed by atoms with Gasteiger partial charge in [0.1, 0.15) is 0 Å². The molecule has 170 valence electrons. The van der Waals surface area contributed by atoms with Crippen LogP contribution < -0.4 is 5.32 Å². The highest BCUT2D eigenvalue weighted by Gasteiger charge is 2.26. The molecular formula is C23H33N3O3S2. The summed E-state index contributed by atoms with van der Waals surface area (Å²) in [5.41, 5.74) is 2.64. The molecule has 1 saturated heterocycles. The van der Waals surface area contributed by atoms with Crippen molar-refractivity contribution < 1.29 is 13.2 Å². The van der Waals surface area contributed by atoms with Gasteiger partial charge in [-0.05, 0) is 75.2 Å². The predicted octanol–water partition coefficient (Wildman–Crippen LogP) is 4.39. The molecule has 2 heterocycles. The smallest absolute Gasteiger partial charge is 0.243 e. The van der Waals surface area contributed by atoms with Crippen molar-refractivity contribution in [3.63, 3.8) is 0 Å². The van der Waals surface area contributed by atoms with Crippen LogP contribution in [0.4, 0.5) is 5.69 Å². The number of aryl methyl sites for hydroxylation is 2. The van der Waals surface area contributed by atoms with Crippen LogP contribution in [0.1, 0.15) is 49.1 Å². The summed E-state index contributed by atoms with van der Waals surface area (Å²) >= 11 is 1.70. The minimum atomic E-state index is -3.54. The lowest BCUT2D eigenvalue weighted by atomic mass is 10.2. The molecule has 0 bridgehead atoms. The molecule has 8 heteroatoms. The van der Waals surface area contributed by atoms with Gasteiger partial charge in [-0.1, -0.05) is 12.5 Å². The summed E-state index contributed by atoms with van der Waals surface area (Å²) in [6.07, 6.45) is 2.85. The predicted molar refractivity (Wildman–Crippen MR) is 127 cm³/mol. The van der Waals surface area contributed by atoms with Gasteiger partial charge in [0.05, 0.1) is 11.4 Å². The zero-order valence-corrected chi connectivity index (χ0v) is 20.5. The second kappa shape index (κ2) is 10.3. The number of hydrogen-bond donors (Lipinski definition) is 1. The first kappa shape index (κ1) is 23.9. The van der Waals surface area contributed by atoms with Crippen molar-refractivity contribution in [2.24, 2.45) is 0 Å². The average Bonchev–Trinajstić information content (AvgIpc) is 3.14. The number of hydrogen-bond acceptors (Lipinski definition) is 5. The van der Waals surface area contributed by atoms with Crippen LogP contribution in [0.25, 0.3) is 0 Å². The fourth-order valence-electron chi connectivity index (χ4n) is 3.70. The molecule has 1 aliphatic rings. The number of sulfonamides is 1. The Morgan fingerprint density at radius 3 is 2.45 bits per heavy atom. The number of piperidine rings is 1. The second-order valence-electron chi connectivity index (χ2n) is 8.52. The highest BCUT2D eigenvalue weighted by Crippen LogP contribution is 2.25. The summed E-state index contributed by atoms with van der Waals surface area (Å²) in [6.45, 7) is 10.2. The maximum atomic E-state index is 13.0. The maximum Gasteiger partial charge on any atom is 0.243 e. The van der Waals surface area contributed by atoms with E-state index in [9.17, 15) is 13.2 Å². The lowest BCUT2D eigenvalue weighted by molar-refractivity contribution is -0.117. The highest BCUT2D eigenvalue weighted by atomic mass is 32.2. The summed E-state index contributed by atoms with van der Waals surface area (Å²) < 4.78 is 27.6. The first-order chi connectivity index (χ1) is 14.7. The lowest BCUT2D eigenvalue weighted by Gasteiger charge is -2.27. The maximum absolute atomic E-state index is 13.0. The van der Waals surface area contributed by atoms with Gasteiger partial charge in [-0.25, -0.2) is 8.42 Å². The molecule has 0 aliphatic carbocycles. The van der Waals surface area contributed by atoms with E-state index in [1.807, 2.05) is 6.92 Å². The van der Waals surface area contributed by atoms with Crippen LogP contribution in [-0.4, -0.2) is 49.2 Å². The molecule has 1 aliphatic heterocycles. The van der Waals surface area contributed by atoms with Gasteiger partial charge >= 0.3 is 0 Å². The van der Waals surface area contributed by atoms with Crippen molar-refractivity contribution in [1.82, 2.24) is 9.21 Å². The van der Waals surface area contributed by atoms with Gasteiger partial charge in [-0.15, -0.1) is 11.3 Å². The fraction of sp³-hybridized carbons (Fsp3) is 0.522. The summed E-state index contributed by atoms with van der Waals surface area (Å²) in [5.74, 6) is -0.140. The van der Waals surface area contributed by atoms with Crippen LogP contribution in [-0.2, 0) is 21.4 Å². The Bertz CT molecular complexity index is 1010. The van der Waals surface area contributed by atoms with E-state index in [2.05, 4.69) is 42.4 Å². The molecule has 0 spiro atoms. The van der Waals surface area contributed by atoms with E-state index in [-0.39, 0.29) is 23.4 Å². The zero-order chi connectivity index (χ0) is 22.6. The number of rotatable bonds is 8. The van der Waals surface area contributed by atoms with Crippen molar-refractivity contribution >= 4 is 33.0 Å². The fourth-order valence-corrected chi connectivity index (χ4v) is 6.17. The number of thiophene rings is 1. The van der Waals surface area contributed by atoms with Crippen molar-refractivity contribution in [2.45, 2.75) is 64.4 Å². The van der Waals surface area contributed by atoms with E-state index in [0.717, 1.165) is 31.4 Å². The number of benzene rings is 1. The molecular weight excluding hydrogens is 430 g/mol. The van der Waals surface area contributed by atoms with Crippen molar-refractivity contribution in [3.05, 3.63) is 45.6 Å². The van der Waals surface area contributed by atoms with Gasteiger partial charge in [0, 0.05) is 36.2 Å². The standard InChI is InChI=1S/C23H33N3O3S2/c1-17(2)25(15-22-19(4)10-13-30-22)16-23(27)24-21-14-20(9-8-18(21)3)31(28,29)26-11-6-5-7-12-26/h8-10,13-14,17H,5-7,11-12,15-16H2,1-4H3,(H,24,27). The monoisotopic (exact) mass is 463 g/mol. The van der Waals surface area contributed by atoms with Crippen LogP contribution in [0.15, 0.2) is 34.5 Å². The van der Waals surface area contributed by atoms with Gasteiger partial charge in [-0.2, -0.15) is 4.31 Å². The zero-order valence-electron chi connectivity index (χ0n) is 18.8. The molecule has 1 fully saturated rings. The lowest BCUT2D eigenvalue weighted by Crippen LogP contribution is -2.37. The molecule has 0 unspecified atom stereocenters. The summed E-state index contributed by atoms with van der Waals surface area (Å²) in [6, 6.07) is 7.30. The van der Waals surface area contributed by atoms with E-state index in [0.29, 0.717) is 18.8 Å². The minimum Gasteiger partial charge on any atom is -0.325 e. The van der Waals surface area contributed by atoms with Crippen LogP contribution >= 0.6 is 11.3 Å². The van der Waals surface area contributed by atoms with Gasteiger partial charge in [-0.3, -0.25) is 9.69 Å².